The largest absolute Gasteiger partial charge is 0.497 e. The number of nitrogens with one attached hydrogen (secondary N) is 1. The van der Waals surface area contributed by atoms with E-state index < -0.39 is 34.3 Å². The Kier molecular flexibility index (Phi) is 11.1. The van der Waals surface area contributed by atoms with E-state index in [0.717, 1.165) is 16.4 Å². The number of anilines is 1. The average molecular weight is 604 g/mol. The molecule has 0 aliphatic rings. The van der Waals surface area contributed by atoms with Gasteiger partial charge >= 0.3 is 0 Å². The number of carbonyl (C=O) groups excluding carboxylic acids is 2. The molecular formula is C30H35ClFN3O5S. The van der Waals surface area contributed by atoms with Crippen molar-refractivity contribution in [2.75, 3.05) is 18.0 Å². The second kappa shape index (κ2) is 14.3. The molecule has 0 aromatic heterocycles. The van der Waals surface area contributed by atoms with Crippen LogP contribution in [-0.2, 0) is 26.2 Å². The number of benzene rings is 3. The predicted octanol–water partition coefficient (Wildman–Crippen LogP) is 5.41. The smallest absolute Gasteiger partial charge is 0.264 e. The third-order valence-electron chi connectivity index (χ3n) is 6.73. The summed E-state index contributed by atoms with van der Waals surface area (Å²) >= 11 is 6.41. The lowest BCUT2D eigenvalue weighted by molar-refractivity contribution is -0.140. The maximum absolute atomic E-state index is 14.1. The summed E-state index contributed by atoms with van der Waals surface area (Å²) in [4.78, 5) is 28.6. The maximum Gasteiger partial charge on any atom is 0.264 e. The normalized spacial score (nSPS) is 12.7. The first kappa shape index (κ1) is 31.9. The molecule has 0 aliphatic carbocycles. The van der Waals surface area contributed by atoms with Gasteiger partial charge in [-0.05, 0) is 79.9 Å². The van der Waals surface area contributed by atoms with E-state index in [0.29, 0.717) is 22.8 Å². The van der Waals surface area contributed by atoms with Gasteiger partial charge in [-0.15, -0.1) is 0 Å². The highest BCUT2D eigenvalue weighted by Gasteiger charge is 2.34. The van der Waals surface area contributed by atoms with Crippen molar-refractivity contribution in [3.8, 4) is 5.75 Å². The molecule has 0 saturated carbocycles. The molecule has 3 rings (SSSR count). The second-order valence-corrected chi connectivity index (χ2v) is 11.8. The van der Waals surface area contributed by atoms with Gasteiger partial charge in [0.2, 0.25) is 11.8 Å². The van der Waals surface area contributed by atoms with E-state index in [4.69, 9.17) is 16.3 Å². The lowest BCUT2D eigenvalue weighted by Crippen LogP contribution is -2.53. The van der Waals surface area contributed by atoms with Crippen molar-refractivity contribution in [3.63, 3.8) is 0 Å². The summed E-state index contributed by atoms with van der Waals surface area (Å²) in [5.41, 5.74) is 0.689. The van der Waals surface area contributed by atoms with Gasteiger partial charge in [0.15, 0.2) is 0 Å². The van der Waals surface area contributed by atoms with Crippen LogP contribution in [0.1, 0.15) is 39.2 Å². The fraction of sp³-hybridized carbons (Fsp3) is 0.333. The fourth-order valence-corrected chi connectivity index (χ4v) is 5.79. The lowest BCUT2D eigenvalue weighted by Gasteiger charge is -2.34. The lowest BCUT2D eigenvalue weighted by atomic mass is 10.1. The van der Waals surface area contributed by atoms with Gasteiger partial charge < -0.3 is 15.0 Å². The third kappa shape index (κ3) is 7.98. The van der Waals surface area contributed by atoms with Crippen LogP contribution in [-0.4, -0.2) is 50.9 Å². The first-order valence-corrected chi connectivity index (χ1v) is 15.1. The van der Waals surface area contributed by atoms with Crippen molar-refractivity contribution in [3.05, 3.63) is 89.2 Å². The Hall–Kier alpha value is -3.63. The van der Waals surface area contributed by atoms with Crippen molar-refractivity contribution in [2.45, 2.75) is 57.1 Å². The van der Waals surface area contributed by atoms with Crippen LogP contribution in [0.4, 0.5) is 10.1 Å². The van der Waals surface area contributed by atoms with Gasteiger partial charge in [0, 0.05) is 17.6 Å². The number of sulfonamides is 1. The molecule has 3 aromatic carbocycles. The van der Waals surface area contributed by atoms with E-state index in [2.05, 4.69) is 5.32 Å². The minimum Gasteiger partial charge on any atom is -0.497 e. The van der Waals surface area contributed by atoms with Crippen molar-refractivity contribution in [2.24, 2.45) is 0 Å². The fourth-order valence-electron chi connectivity index (χ4n) is 4.18. The molecule has 0 bridgehead atoms. The van der Waals surface area contributed by atoms with Gasteiger partial charge in [-0.25, -0.2) is 12.8 Å². The minimum absolute atomic E-state index is 0.0230. The zero-order valence-corrected chi connectivity index (χ0v) is 25.1. The Morgan fingerprint density at radius 1 is 0.976 bits per heavy atom. The Morgan fingerprint density at radius 2 is 1.61 bits per heavy atom. The molecule has 2 atom stereocenters. The standard InChI is InChI=1S/C30H35ClFN3O5S/c1-5-21(3)33-30(37)28(6-2)34(19-22-9-7-8-10-27(22)31)29(36)20-35(24-13-11-23(32)12-14-24)41(38,39)26-17-15-25(40-4)16-18-26/h7-18,21,28H,5-6,19-20H2,1-4H3,(H,33,37). The number of methoxy groups -OCH3 is 1. The molecular weight excluding hydrogens is 569 g/mol. The monoisotopic (exact) mass is 603 g/mol. The number of hydrogen-bond donors (Lipinski definition) is 1. The Labute approximate surface area is 246 Å². The number of amides is 2. The molecule has 1 N–H and O–H groups in total. The van der Waals surface area contributed by atoms with E-state index in [1.165, 1.54) is 48.4 Å². The van der Waals surface area contributed by atoms with E-state index in [9.17, 15) is 22.4 Å². The van der Waals surface area contributed by atoms with Gasteiger partial charge in [0.1, 0.15) is 24.2 Å². The van der Waals surface area contributed by atoms with Crippen LogP contribution >= 0.6 is 11.6 Å². The molecule has 0 spiro atoms. The van der Waals surface area contributed by atoms with E-state index in [-0.39, 0.29) is 35.5 Å². The number of nitrogens with zero attached hydrogens (tertiary/aromatic N) is 2. The molecule has 3 aromatic rings. The van der Waals surface area contributed by atoms with Crippen molar-refractivity contribution in [1.29, 1.82) is 0 Å². The number of rotatable bonds is 13. The highest BCUT2D eigenvalue weighted by molar-refractivity contribution is 7.92. The Morgan fingerprint density at radius 3 is 2.17 bits per heavy atom. The summed E-state index contributed by atoms with van der Waals surface area (Å²) in [6.07, 6.45) is 0.972. The summed E-state index contributed by atoms with van der Waals surface area (Å²) in [5.74, 6) is -1.08. The molecule has 220 valence electrons. The summed E-state index contributed by atoms with van der Waals surface area (Å²) < 4.78 is 47.6. The maximum atomic E-state index is 14.1. The molecule has 0 heterocycles. The highest BCUT2D eigenvalue weighted by Crippen LogP contribution is 2.27. The second-order valence-electron chi connectivity index (χ2n) is 9.52. The Bertz CT molecular complexity index is 1440. The molecule has 41 heavy (non-hydrogen) atoms. The van der Waals surface area contributed by atoms with E-state index in [1.54, 1.807) is 31.2 Å². The van der Waals surface area contributed by atoms with Crippen LogP contribution < -0.4 is 14.4 Å². The first-order valence-electron chi connectivity index (χ1n) is 13.3. The predicted molar refractivity (Wildman–Crippen MR) is 158 cm³/mol. The van der Waals surface area contributed by atoms with Crippen LogP contribution in [0, 0.1) is 5.82 Å². The van der Waals surface area contributed by atoms with Gasteiger partial charge in [0.25, 0.3) is 10.0 Å². The number of halogens is 2. The Balaban J connectivity index is 2.06. The van der Waals surface area contributed by atoms with Crippen molar-refractivity contribution < 1.29 is 27.1 Å². The first-order chi connectivity index (χ1) is 19.5. The number of carbonyl (C=O) groups is 2. The summed E-state index contributed by atoms with van der Waals surface area (Å²) in [7, 11) is -2.84. The van der Waals surface area contributed by atoms with Crippen molar-refractivity contribution >= 4 is 39.1 Å². The summed E-state index contributed by atoms with van der Waals surface area (Å²) in [5, 5.41) is 3.33. The van der Waals surface area contributed by atoms with Gasteiger partial charge in [0.05, 0.1) is 17.7 Å². The molecule has 8 nitrogen and oxygen atoms in total. The molecule has 11 heteroatoms. The van der Waals surface area contributed by atoms with Crippen LogP contribution in [0.25, 0.3) is 0 Å². The zero-order chi connectivity index (χ0) is 30.2. The molecule has 2 amide bonds. The summed E-state index contributed by atoms with van der Waals surface area (Å²) in [6, 6.07) is 16.4. The minimum atomic E-state index is -4.30. The highest BCUT2D eigenvalue weighted by atomic mass is 35.5. The molecule has 0 radical (unpaired) electrons. The molecule has 2 unspecified atom stereocenters. The van der Waals surface area contributed by atoms with Gasteiger partial charge in [-0.2, -0.15) is 0 Å². The van der Waals surface area contributed by atoms with Crippen molar-refractivity contribution in [1.82, 2.24) is 10.2 Å². The number of hydrogen-bond acceptors (Lipinski definition) is 5. The quantitative estimate of drug-likeness (QED) is 0.282. The van der Waals surface area contributed by atoms with Crippen LogP contribution in [0.3, 0.4) is 0 Å². The third-order valence-corrected chi connectivity index (χ3v) is 8.88. The van der Waals surface area contributed by atoms with Gasteiger partial charge in [-0.3, -0.25) is 13.9 Å². The van der Waals surface area contributed by atoms with Crippen LogP contribution in [0.5, 0.6) is 5.75 Å². The van der Waals surface area contributed by atoms with Gasteiger partial charge in [-0.1, -0.05) is 43.6 Å². The number of ether oxygens (including phenoxy) is 1. The molecule has 0 fully saturated rings. The van der Waals surface area contributed by atoms with E-state index >= 15 is 0 Å². The topological polar surface area (TPSA) is 96.0 Å². The SMILES string of the molecule is CCC(C)NC(=O)C(CC)N(Cc1ccccc1Cl)C(=O)CN(c1ccc(F)cc1)S(=O)(=O)c1ccc(OC)cc1. The van der Waals surface area contributed by atoms with E-state index in [1.807, 2.05) is 13.8 Å². The summed E-state index contributed by atoms with van der Waals surface area (Å²) in [6.45, 7) is 4.91. The zero-order valence-electron chi connectivity index (χ0n) is 23.5. The molecule has 0 saturated heterocycles. The average Bonchev–Trinajstić information content (AvgIpc) is 2.97. The molecule has 0 aliphatic heterocycles. The van der Waals surface area contributed by atoms with Crippen LogP contribution in [0.2, 0.25) is 5.02 Å². The van der Waals surface area contributed by atoms with Crippen LogP contribution in [0.15, 0.2) is 77.7 Å².